The van der Waals surface area contributed by atoms with Crippen molar-refractivity contribution in [3.63, 3.8) is 0 Å². The highest BCUT2D eigenvalue weighted by molar-refractivity contribution is 8.26. The molecule has 0 spiro atoms. The predicted octanol–water partition coefficient (Wildman–Crippen LogP) is 1.56. The average molecular weight is 463 g/mol. The van der Waals surface area contributed by atoms with E-state index in [1.807, 2.05) is 17.9 Å². The van der Waals surface area contributed by atoms with E-state index in [1.54, 1.807) is 17.6 Å². The highest BCUT2D eigenvalue weighted by Gasteiger charge is 2.33. The Morgan fingerprint density at radius 3 is 2.61 bits per heavy atom. The van der Waals surface area contributed by atoms with E-state index in [-0.39, 0.29) is 34.3 Å². The number of anilines is 1. The molecule has 0 unspecified atom stereocenters. The van der Waals surface area contributed by atoms with E-state index in [9.17, 15) is 19.6 Å². The fraction of sp³-hybridized carbons (Fsp3) is 0.450. The molecule has 0 bridgehead atoms. The summed E-state index contributed by atoms with van der Waals surface area (Å²) in [4.78, 5) is 40.3. The number of hydrogen-bond acceptors (Lipinski definition) is 8. The second-order valence-corrected chi connectivity index (χ2v) is 8.65. The molecular formula is C20H22N4O5S2. The van der Waals surface area contributed by atoms with Crippen molar-refractivity contribution in [1.82, 2.24) is 9.47 Å². The molecule has 11 heteroatoms. The lowest BCUT2D eigenvalue weighted by Gasteiger charge is -2.33. The van der Waals surface area contributed by atoms with Crippen molar-refractivity contribution in [1.29, 1.82) is 5.26 Å². The van der Waals surface area contributed by atoms with Crippen LogP contribution < -0.4 is 10.5 Å². The Bertz CT molecular complexity index is 1070. The van der Waals surface area contributed by atoms with E-state index >= 15 is 0 Å². The molecule has 1 N–H and O–H groups in total. The molecule has 2 aliphatic rings. The maximum atomic E-state index is 12.9. The smallest absolute Gasteiger partial charge is 0.305 e. The largest absolute Gasteiger partial charge is 0.481 e. The highest BCUT2D eigenvalue weighted by atomic mass is 32.2. The van der Waals surface area contributed by atoms with E-state index < -0.39 is 5.97 Å². The normalized spacial score (nSPS) is 18.0. The number of thioether (sulfide) groups is 1. The van der Waals surface area contributed by atoms with Crippen LogP contribution in [0.2, 0.25) is 0 Å². The minimum absolute atomic E-state index is 0.00938. The number of ether oxygens (including phenoxy) is 1. The van der Waals surface area contributed by atoms with Gasteiger partial charge in [-0.3, -0.25) is 23.9 Å². The molecule has 9 nitrogen and oxygen atoms in total. The van der Waals surface area contributed by atoms with Gasteiger partial charge in [-0.1, -0.05) is 24.0 Å². The Morgan fingerprint density at radius 1 is 1.35 bits per heavy atom. The number of aliphatic carboxylic acids is 1. The van der Waals surface area contributed by atoms with Crippen LogP contribution in [0.25, 0.3) is 6.08 Å². The third kappa shape index (κ3) is 4.51. The fourth-order valence-corrected chi connectivity index (χ4v) is 4.88. The van der Waals surface area contributed by atoms with Gasteiger partial charge < -0.3 is 14.7 Å². The first-order valence-corrected chi connectivity index (χ1v) is 11.0. The number of nitrogens with zero attached hydrogens (tertiary/aromatic N) is 4. The number of aromatic nitrogens is 1. The van der Waals surface area contributed by atoms with Gasteiger partial charge in [-0.15, -0.1) is 0 Å². The zero-order chi connectivity index (χ0) is 22.7. The monoisotopic (exact) mass is 462 g/mol. The Kier molecular flexibility index (Phi) is 7.15. The van der Waals surface area contributed by atoms with Gasteiger partial charge in [0.15, 0.2) is 0 Å². The summed E-state index contributed by atoms with van der Waals surface area (Å²) in [7, 11) is 0. The molecule has 1 aromatic heterocycles. The molecule has 3 heterocycles. The molecule has 1 amide bonds. The SMILES string of the molecule is CCn1c(N2CCOCC2)c(C=C2SC(=S)N(CCC(=O)O)C2=O)c(C)c(C#N)c1=O. The Balaban J connectivity index is 2.15. The number of nitriles is 1. The van der Waals surface area contributed by atoms with E-state index in [1.165, 1.54) is 4.90 Å². The number of rotatable bonds is 6. The molecule has 0 atom stereocenters. The molecule has 0 radical (unpaired) electrons. The zero-order valence-electron chi connectivity index (χ0n) is 17.2. The lowest BCUT2D eigenvalue weighted by molar-refractivity contribution is -0.137. The first kappa shape index (κ1) is 23.0. The van der Waals surface area contributed by atoms with Gasteiger partial charge in [0.1, 0.15) is 21.8 Å². The molecule has 2 aliphatic heterocycles. The summed E-state index contributed by atoms with van der Waals surface area (Å²) in [6, 6.07) is 2.00. The van der Waals surface area contributed by atoms with E-state index in [4.69, 9.17) is 22.1 Å². The first-order valence-electron chi connectivity index (χ1n) is 9.77. The van der Waals surface area contributed by atoms with Gasteiger partial charge in [0.05, 0.1) is 24.5 Å². The van der Waals surface area contributed by atoms with Crippen LogP contribution in [-0.4, -0.2) is 63.6 Å². The average Bonchev–Trinajstić information content (AvgIpc) is 3.01. The van der Waals surface area contributed by atoms with E-state index in [2.05, 4.69) is 0 Å². The molecule has 0 saturated carbocycles. The number of thiocarbonyl (C=S) groups is 1. The number of carboxylic acids is 1. The fourth-order valence-electron chi connectivity index (χ4n) is 3.58. The van der Waals surface area contributed by atoms with Gasteiger partial charge in [0, 0.05) is 31.7 Å². The van der Waals surface area contributed by atoms with Crippen molar-refractivity contribution in [3.8, 4) is 6.07 Å². The van der Waals surface area contributed by atoms with Crippen molar-refractivity contribution in [2.24, 2.45) is 0 Å². The van der Waals surface area contributed by atoms with E-state index in [0.717, 1.165) is 11.8 Å². The van der Waals surface area contributed by atoms with Crippen LogP contribution in [0.3, 0.4) is 0 Å². The second-order valence-electron chi connectivity index (χ2n) is 6.98. The summed E-state index contributed by atoms with van der Waals surface area (Å²) >= 11 is 6.36. The minimum Gasteiger partial charge on any atom is -0.481 e. The molecule has 0 aromatic carbocycles. The standard InChI is InChI=1S/C20H22N4O5S2/c1-3-23-17(22-6-8-29-9-7-22)13(12(2)14(11-21)18(23)27)10-15-19(28)24(20(30)31-15)5-4-16(25)26/h10H,3-9H2,1-2H3,(H,25,26). The van der Waals surface area contributed by atoms with Crippen LogP contribution in [0.5, 0.6) is 0 Å². The molecule has 3 rings (SSSR count). The predicted molar refractivity (Wildman–Crippen MR) is 121 cm³/mol. The van der Waals surface area contributed by atoms with Crippen molar-refractivity contribution in [2.45, 2.75) is 26.8 Å². The van der Waals surface area contributed by atoms with Crippen LogP contribution in [0.1, 0.15) is 30.0 Å². The molecular weight excluding hydrogens is 440 g/mol. The number of carboxylic acid groups (broad SMARTS) is 1. The quantitative estimate of drug-likeness (QED) is 0.497. The summed E-state index contributed by atoms with van der Waals surface area (Å²) in [6.07, 6.45) is 1.45. The third-order valence-electron chi connectivity index (χ3n) is 5.17. The molecule has 31 heavy (non-hydrogen) atoms. The van der Waals surface area contributed by atoms with Gasteiger partial charge in [-0.25, -0.2) is 0 Å². The van der Waals surface area contributed by atoms with Gasteiger partial charge in [0.2, 0.25) is 0 Å². The van der Waals surface area contributed by atoms with Crippen LogP contribution in [-0.2, 0) is 20.9 Å². The van der Waals surface area contributed by atoms with Gasteiger partial charge >= 0.3 is 5.97 Å². The summed E-state index contributed by atoms with van der Waals surface area (Å²) < 4.78 is 7.27. The summed E-state index contributed by atoms with van der Waals surface area (Å²) in [6.45, 7) is 6.04. The first-order chi connectivity index (χ1) is 14.8. The van der Waals surface area contributed by atoms with Gasteiger partial charge in [-0.2, -0.15) is 5.26 Å². The van der Waals surface area contributed by atoms with Crippen molar-refractivity contribution >= 4 is 52.1 Å². The van der Waals surface area contributed by atoms with Crippen molar-refractivity contribution in [3.05, 3.63) is 31.9 Å². The number of carbonyl (C=O) groups excluding carboxylic acids is 1. The van der Waals surface area contributed by atoms with Crippen LogP contribution in [0.4, 0.5) is 5.82 Å². The molecule has 0 aliphatic carbocycles. The maximum Gasteiger partial charge on any atom is 0.305 e. The number of pyridine rings is 1. The van der Waals surface area contributed by atoms with Crippen molar-refractivity contribution in [2.75, 3.05) is 37.7 Å². The Hall–Kier alpha value is -2.68. The summed E-state index contributed by atoms with van der Waals surface area (Å²) in [5.41, 5.74) is 0.773. The van der Waals surface area contributed by atoms with Crippen LogP contribution in [0, 0.1) is 18.3 Å². The topological polar surface area (TPSA) is 116 Å². The molecule has 164 valence electrons. The number of carbonyl (C=O) groups is 2. The van der Waals surface area contributed by atoms with Gasteiger partial charge in [0.25, 0.3) is 11.5 Å². The second kappa shape index (κ2) is 9.64. The van der Waals surface area contributed by atoms with Crippen LogP contribution >= 0.6 is 24.0 Å². The highest BCUT2D eigenvalue weighted by Crippen LogP contribution is 2.36. The lowest BCUT2D eigenvalue weighted by atomic mass is 10.0. The minimum atomic E-state index is -1.02. The number of amides is 1. The Morgan fingerprint density at radius 2 is 2.03 bits per heavy atom. The van der Waals surface area contributed by atoms with Crippen LogP contribution in [0.15, 0.2) is 9.70 Å². The van der Waals surface area contributed by atoms with Crippen molar-refractivity contribution < 1.29 is 19.4 Å². The molecule has 2 fully saturated rings. The third-order valence-corrected chi connectivity index (χ3v) is 6.55. The zero-order valence-corrected chi connectivity index (χ0v) is 18.8. The number of morpholine rings is 1. The molecule has 2 saturated heterocycles. The van der Waals surface area contributed by atoms with Gasteiger partial charge in [-0.05, 0) is 25.5 Å². The summed E-state index contributed by atoms with van der Waals surface area (Å²) in [5.74, 6) is -0.753. The lowest BCUT2D eigenvalue weighted by Crippen LogP contribution is -2.41. The molecule has 1 aromatic rings. The number of hydrogen-bond donors (Lipinski definition) is 1. The maximum absolute atomic E-state index is 12.9. The van der Waals surface area contributed by atoms with E-state index in [0.29, 0.717) is 54.7 Å². The summed E-state index contributed by atoms with van der Waals surface area (Å²) in [5, 5.41) is 18.5. The Labute approximate surface area is 188 Å².